The molecule has 1 aliphatic rings. The normalized spacial score (nSPS) is 15.1. The lowest BCUT2D eigenvalue weighted by molar-refractivity contribution is -0.139. The van der Waals surface area contributed by atoms with Gasteiger partial charge in [0.05, 0.1) is 19.3 Å². The molecule has 3 aromatic rings. The van der Waals surface area contributed by atoms with E-state index in [4.69, 9.17) is 14.2 Å². The number of esters is 1. The Morgan fingerprint density at radius 1 is 1.19 bits per heavy atom. The van der Waals surface area contributed by atoms with E-state index in [0.29, 0.717) is 28.7 Å². The molecule has 0 fully saturated rings. The number of benzene rings is 2. The number of methoxy groups -OCH3 is 1. The zero-order chi connectivity index (χ0) is 22.7. The van der Waals surface area contributed by atoms with Gasteiger partial charge in [0, 0.05) is 5.70 Å². The van der Waals surface area contributed by atoms with Gasteiger partial charge in [-0.1, -0.05) is 18.2 Å². The molecule has 0 unspecified atom stereocenters. The summed E-state index contributed by atoms with van der Waals surface area (Å²) in [6.45, 7) is 4.07. The molecule has 0 aliphatic carbocycles. The third kappa shape index (κ3) is 4.14. The molecule has 0 amide bonds. The molecule has 4 rings (SSSR count). The number of ether oxygens (including phenoxy) is 3. The Labute approximate surface area is 184 Å². The Bertz CT molecular complexity index is 1160. The molecule has 1 aliphatic heterocycles. The lowest BCUT2D eigenvalue weighted by Gasteiger charge is -2.28. The molecule has 0 radical (unpaired) electrons. The monoisotopic (exact) mass is 438 g/mol. The first-order chi connectivity index (χ1) is 15.5. The van der Waals surface area contributed by atoms with Crippen LogP contribution in [0.1, 0.15) is 31.0 Å². The van der Waals surface area contributed by atoms with Crippen molar-refractivity contribution in [1.29, 1.82) is 0 Å². The van der Waals surface area contributed by atoms with Gasteiger partial charge in [0.2, 0.25) is 5.95 Å². The van der Waals surface area contributed by atoms with Crippen LogP contribution in [-0.2, 0) is 16.1 Å². The van der Waals surface area contributed by atoms with E-state index in [1.807, 2.05) is 6.07 Å². The van der Waals surface area contributed by atoms with Crippen molar-refractivity contribution in [1.82, 2.24) is 14.8 Å². The highest BCUT2D eigenvalue weighted by Gasteiger charge is 2.34. The number of halogens is 1. The van der Waals surface area contributed by atoms with Gasteiger partial charge >= 0.3 is 5.97 Å². The molecule has 1 aromatic heterocycles. The van der Waals surface area contributed by atoms with Gasteiger partial charge in [0.25, 0.3) is 0 Å². The molecule has 166 valence electrons. The number of carbonyl (C=O) groups is 1. The van der Waals surface area contributed by atoms with Gasteiger partial charge < -0.3 is 19.5 Å². The largest absolute Gasteiger partial charge is 0.493 e. The van der Waals surface area contributed by atoms with Crippen molar-refractivity contribution in [2.75, 3.05) is 19.0 Å². The number of anilines is 1. The average Bonchev–Trinajstić information content (AvgIpc) is 3.25. The summed E-state index contributed by atoms with van der Waals surface area (Å²) in [6, 6.07) is 11.0. The standard InChI is InChI=1S/C23H23FN4O4/c1-4-31-22(29)20-14(2)27-23-25-13-26-28(23)21(20)16-7-10-18(19(11-16)30-3)32-12-15-5-8-17(24)9-6-15/h5-11,13,21H,4,12H2,1-3H3,(H,25,26,27)/t21-/m1/s1. The highest BCUT2D eigenvalue weighted by atomic mass is 19.1. The second-order valence-corrected chi connectivity index (χ2v) is 7.14. The van der Waals surface area contributed by atoms with Gasteiger partial charge in [0.15, 0.2) is 11.5 Å². The number of rotatable bonds is 7. The van der Waals surface area contributed by atoms with E-state index in [-0.39, 0.29) is 19.0 Å². The quantitative estimate of drug-likeness (QED) is 0.561. The second kappa shape index (κ2) is 9.09. The predicted molar refractivity (Wildman–Crippen MR) is 115 cm³/mol. The van der Waals surface area contributed by atoms with Crippen molar-refractivity contribution in [3.8, 4) is 11.5 Å². The third-order valence-corrected chi connectivity index (χ3v) is 5.10. The van der Waals surface area contributed by atoms with Crippen LogP contribution in [0.25, 0.3) is 0 Å². The number of aromatic nitrogens is 3. The number of hydrogen-bond acceptors (Lipinski definition) is 7. The van der Waals surface area contributed by atoms with Crippen molar-refractivity contribution < 1.29 is 23.4 Å². The molecule has 0 saturated heterocycles. The summed E-state index contributed by atoms with van der Waals surface area (Å²) in [5.74, 6) is 0.804. The van der Waals surface area contributed by atoms with Gasteiger partial charge in [-0.15, -0.1) is 0 Å². The summed E-state index contributed by atoms with van der Waals surface area (Å²) < 4.78 is 31.5. The highest BCUT2D eigenvalue weighted by Crippen LogP contribution is 2.39. The molecule has 2 aromatic carbocycles. The molecule has 1 atom stereocenters. The van der Waals surface area contributed by atoms with E-state index in [9.17, 15) is 9.18 Å². The van der Waals surface area contributed by atoms with E-state index in [1.54, 1.807) is 49.9 Å². The molecule has 9 heteroatoms. The Morgan fingerprint density at radius 2 is 1.97 bits per heavy atom. The van der Waals surface area contributed by atoms with Crippen LogP contribution >= 0.6 is 0 Å². The maximum absolute atomic E-state index is 13.1. The fourth-order valence-electron chi connectivity index (χ4n) is 3.59. The zero-order valence-corrected chi connectivity index (χ0v) is 18.0. The molecule has 0 spiro atoms. The van der Waals surface area contributed by atoms with Crippen LogP contribution in [0.4, 0.5) is 10.3 Å². The maximum atomic E-state index is 13.1. The van der Waals surface area contributed by atoms with Crippen molar-refractivity contribution >= 4 is 11.9 Å². The lowest BCUT2D eigenvalue weighted by Crippen LogP contribution is -2.29. The van der Waals surface area contributed by atoms with Crippen LogP contribution in [-0.4, -0.2) is 34.5 Å². The van der Waals surface area contributed by atoms with Crippen LogP contribution < -0.4 is 14.8 Å². The first kappa shape index (κ1) is 21.4. The Balaban J connectivity index is 1.67. The lowest BCUT2D eigenvalue weighted by atomic mass is 9.95. The number of fused-ring (bicyclic) bond motifs is 1. The van der Waals surface area contributed by atoms with Gasteiger partial charge in [0.1, 0.15) is 24.8 Å². The van der Waals surface area contributed by atoms with Crippen LogP contribution in [0, 0.1) is 5.82 Å². The molecular formula is C23H23FN4O4. The topological polar surface area (TPSA) is 87.5 Å². The van der Waals surface area contributed by atoms with Gasteiger partial charge in [-0.2, -0.15) is 10.1 Å². The first-order valence-electron chi connectivity index (χ1n) is 10.1. The molecular weight excluding hydrogens is 415 g/mol. The fourth-order valence-corrected chi connectivity index (χ4v) is 3.59. The number of carbonyl (C=O) groups excluding carboxylic acids is 1. The number of nitrogens with zero attached hydrogens (tertiary/aromatic N) is 3. The van der Waals surface area contributed by atoms with Gasteiger partial charge in [-0.25, -0.2) is 13.9 Å². The predicted octanol–water partition coefficient (Wildman–Crippen LogP) is 3.86. The average molecular weight is 438 g/mol. The summed E-state index contributed by atoms with van der Waals surface area (Å²) in [5, 5.41) is 7.40. The summed E-state index contributed by atoms with van der Waals surface area (Å²) >= 11 is 0. The summed E-state index contributed by atoms with van der Waals surface area (Å²) in [7, 11) is 1.54. The van der Waals surface area contributed by atoms with E-state index >= 15 is 0 Å². The molecule has 0 bridgehead atoms. The molecule has 0 saturated carbocycles. The SMILES string of the molecule is CCOC(=O)C1=C(C)Nc2ncnn2[C@@H]1c1ccc(OCc2ccc(F)cc2)c(OC)c1. The zero-order valence-electron chi connectivity index (χ0n) is 18.0. The van der Waals surface area contributed by atoms with E-state index < -0.39 is 12.0 Å². The van der Waals surface area contributed by atoms with Crippen LogP contribution in [0.3, 0.4) is 0 Å². The van der Waals surface area contributed by atoms with Crippen molar-refractivity contribution in [3.63, 3.8) is 0 Å². The summed E-state index contributed by atoms with van der Waals surface area (Å²) in [5.41, 5.74) is 2.66. The van der Waals surface area contributed by atoms with Crippen molar-refractivity contribution in [2.24, 2.45) is 0 Å². The minimum absolute atomic E-state index is 0.254. The Hall–Kier alpha value is -3.88. The van der Waals surface area contributed by atoms with Crippen molar-refractivity contribution in [3.05, 3.63) is 77.0 Å². The van der Waals surface area contributed by atoms with Crippen LogP contribution in [0.15, 0.2) is 60.1 Å². The third-order valence-electron chi connectivity index (χ3n) is 5.10. The van der Waals surface area contributed by atoms with E-state index in [2.05, 4.69) is 15.4 Å². The van der Waals surface area contributed by atoms with Gasteiger partial charge in [-0.3, -0.25) is 0 Å². The molecule has 32 heavy (non-hydrogen) atoms. The Kier molecular flexibility index (Phi) is 6.07. The molecule has 8 nitrogen and oxygen atoms in total. The minimum Gasteiger partial charge on any atom is -0.493 e. The fraction of sp³-hybridized carbons (Fsp3) is 0.261. The smallest absolute Gasteiger partial charge is 0.338 e. The summed E-state index contributed by atoms with van der Waals surface area (Å²) in [6.07, 6.45) is 1.42. The number of hydrogen-bond donors (Lipinski definition) is 1. The maximum Gasteiger partial charge on any atom is 0.338 e. The molecule has 2 heterocycles. The van der Waals surface area contributed by atoms with E-state index in [1.165, 1.54) is 18.5 Å². The van der Waals surface area contributed by atoms with Crippen molar-refractivity contribution in [2.45, 2.75) is 26.5 Å². The van der Waals surface area contributed by atoms with E-state index in [0.717, 1.165) is 11.1 Å². The second-order valence-electron chi connectivity index (χ2n) is 7.14. The summed E-state index contributed by atoms with van der Waals surface area (Å²) in [4.78, 5) is 17.0. The number of allylic oxidation sites excluding steroid dienone is 1. The minimum atomic E-state index is -0.548. The van der Waals surface area contributed by atoms with Gasteiger partial charge in [-0.05, 0) is 49.2 Å². The first-order valence-corrected chi connectivity index (χ1v) is 10.1. The molecule has 1 N–H and O–H groups in total. The van der Waals surface area contributed by atoms with Crippen LogP contribution in [0.5, 0.6) is 11.5 Å². The van der Waals surface area contributed by atoms with Crippen LogP contribution in [0.2, 0.25) is 0 Å². The number of nitrogens with one attached hydrogen (secondary N) is 1. The Morgan fingerprint density at radius 3 is 2.69 bits per heavy atom. The highest BCUT2D eigenvalue weighted by molar-refractivity contribution is 5.92.